The number of hydrogen-bond donors (Lipinski definition) is 1. The molecule has 31 heavy (non-hydrogen) atoms. The molecule has 1 amide bonds. The molecule has 0 spiro atoms. The van der Waals surface area contributed by atoms with Gasteiger partial charge in [0, 0.05) is 18.2 Å². The summed E-state index contributed by atoms with van der Waals surface area (Å²) in [5, 5.41) is 15.3. The number of amides is 1. The Labute approximate surface area is 184 Å². The van der Waals surface area contributed by atoms with Crippen molar-refractivity contribution < 1.29 is 14.3 Å². The Morgan fingerprint density at radius 1 is 1.13 bits per heavy atom. The van der Waals surface area contributed by atoms with E-state index in [0.717, 1.165) is 5.56 Å². The van der Waals surface area contributed by atoms with E-state index in [4.69, 9.17) is 9.47 Å². The number of ether oxygens (including phenoxy) is 2. The molecule has 0 radical (unpaired) electrons. The van der Waals surface area contributed by atoms with E-state index in [0.29, 0.717) is 38.6 Å². The Morgan fingerprint density at radius 2 is 1.97 bits per heavy atom. The maximum atomic E-state index is 12.7. The molecule has 0 unspecified atom stereocenters. The minimum absolute atomic E-state index is 0.132. The Balaban J connectivity index is 1.26. The smallest absolute Gasteiger partial charge is 0.297 e. The minimum Gasteiger partial charge on any atom is -0.454 e. The van der Waals surface area contributed by atoms with E-state index < -0.39 is 0 Å². The van der Waals surface area contributed by atoms with Crippen molar-refractivity contribution in [1.29, 1.82) is 0 Å². The van der Waals surface area contributed by atoms with Crippen molar-refractivity contribution in [3.8, 4) is 11.5 Å². The second-order valence-corrected chi connectivity index (χ2v) is 8.76. The van der Waals surface area contributed by atoms with Gasteiger partial charge in [0.05, 0.1) is 5.75 Å². The lowest BCUT2D eigenvalue weighted by Crippen LogP contribution is -2.22. The third-order valence-corrected chi connectivity index (χ3v) is 6.47. The van der Waals surface area contributed by atoms with Crippen LogP contribution in [-0.2, 0) is 11.2 Å². The van der Waals surface area contributed by atoms with Crippen LogP contribution in [0.2, 0.25) is 0 Å². The summed E-state index contributed by atoms with van der Waals surface area (Å²) in [6, 6.07) is 14.8. The number of aromatic nitrogens is 4. The highest BCUT2D eigenvalue weighted by Crippen LogP contribution is 2.34. The molecule has 1 aliphatic rings. The fourth-order valence-corrected chi connectivity index (χ4v) is 4.66. The SMILES string of the molecule is O=C(CSc1nn2c(=O)c(Cc3ccccc3)nnc2s1)Nc1ccc2c(c1)OCO2. The highest BCUT2D eigenvalue weighted by molar-refractivity contribution is 8.01. The minimum atomic E-state index is -0.304. The molecule has 1 N–H and O–H groups in total. The van der Waals surface area contributed by atoms with Crippen molar-refractivity contribution in [3.05, 3.63) is 70.1 Å². The van der Waals surface area contributed by atoms with Gasteiger partial charge in [-0.25, -0.2) is 0 Å². The summed E-state index contributed by atoms with van der Waals surface area (Å²) >= 11 is 2.45. The van der Waals surface area contributed by atoms with Crippen LogP contribution in [0.1, 0.15) is 11.3 Å². The van der Waals surface area contributed by atoms with E-state index in [1.54, 1.807) is 18.2 Å². The van der Waals surface area contributed by atoms with Crippen LogP contribution in [0.15, 0.2) is 57.7 Å². The summed E-state index contributed by atoms with van der Waals surface area (Å²) in [4.78, 5) is 25.4. The van der Waals surface area contributed by atoms with Gasteiger partial charge in [-0.15, -0.1) is 15.3 Å². The van der Waals surface area contributed by atoms with Gasteiger partial charge in [0.2, 0.25) is 17.7 Å². The van der Waals surface area contributed by atoms with Gasteiger partial charge in [-0.2, -0.15) is 4.52 Å². The Hall–Kier alpha value is -3.44. The van der Waals surface area contributed by atoms with Gasteiger partial charge < -0.3 is 14.8 Å². The van der Waals surface area contributed by atoms with E-state index in [2.05, 4.69) is 20.6 Å². The number of anilines is 1. The zero-order valence-electron chi connectivity index (χ0n) is 16.0. The first-order valence-corrected chi connectivity index (χ1v) is 11.1. The maximum Gasteiger partial charge on any atom is 0.297 e. The zero-order chi connectivity index (χ0) is 21.2. The molecule has 0 saturated carbocycles. The number of nitrogens with one attached hydrogen (secondary N) is 1. The largest absolute Gasteiger partial charge is 0.454 e. The summed E-state index contributed by atoms with van der Waals surface area (Å²) < 4.78 is 12.4. The molecule has 156 valence electrons. The number of benzene rings is 2. The molecule has 2 aromatic carbocycles. The first-order chi connectivity index (χ1) is 15.2. The van der Waals surface area contributed by atoms with Gasteiger partial charge in [-0.3, -0.25) is 9.59 Å². The van der Waals surface area contributed by atoms with Gasteiger partial charge in [-0.05, 0) is 17.7 Å². The summed E-state index contributed by atoms with van der Waals surface area (Å²) in [7, 11) is 0. The summed E-state index contributed by atoms with van der Waals surface area (Å²) in [5.74, 6) is 1.18. The van der Waals surface area contributed by atoms with E-state index >= 15 is 0 Å². The van der Waals surface area contributed by atoms with Crippen molar-refractivity contribution >= 4 is 39.7 Å². The fraction of sp³-hybridized carbons (Fsp3) is 0.150. The summed E-state index contributed by atoms with van der Waals surface area (Å²) in [6.45, 7) is 0.176. The second kappa shape index (κ2) is 8.36. The second-order valence-electron chi connectivity index (χ2n) is 6.58. The Bertz CT molecular complexity index is 1320. The van der Waals surface area contributed by atoms with Crippen molar-refractivity contribution in [2.24, 2.45) is 0 Å². The van der Waals surface area contributed by atoms with Crippen LogP contribution in [0.25, 0.3) is 4.96 Å². The number of fused-ring (bicyclic) bond motifs is 2. The molecule has 0 bridgehead atoms. The van der Waals surface area contributed by atoms with Crippen LogP contribution in [0.4, 0.5) is 5.69 Å². The molecule has 2 aromatic heterocycles. The number of nitrogens with zero attached hydrogens (tertiary/aromatic N) is 4. The van der Waals surface area contributed by atoms with Gasteiger partial charge in [0.25, 0.3) is 5.56 Å². The highest BCUT2D eigenvalue weighted by atomic mass is 32.2. The van der Waals surface area contributed by atoms with E-state index in [1.807, 2.05) is 30.3 Å². The first kappa shape index (κ1) is 19.5. The Morgan fingerprint density at radius 3 is 2.84 bits per heavy atom. The molecule has 1 aliphatic heterocycles. The highest BCUT2D eigenvalue weighted by Gasteiger charge is 2.16. The van der Waals surface area contributed by atoms with Crippen molar-refractivity contribution in [2.45, 2.75) is 10.8 Å². The number of rotatable bonds is 6. The first-order valence-electron chi connectivity index (χ1n) is 9.27. The number of carbonyl (C=O) groups excluding carboxylic acids is 1. The van der Waals surface area contributed by atoms with Gasteiger partial charge in [0.1, 0.15) is 5.69 Å². The van der Waals surface area contributed by atoms with Crippen LogP contribution in [0.5, 0.6) is 11.5 Å². The predicted octanol–water partition coefficient (Wildman–Crippen LogP) is 2.60. The van der Waals surface area contributed by atoms with Crippen LogP contribution >= 0.6 is 23.1 Å². The predicted molar refractivity (Wildman–Crippen MR) is 116 cm³/mol. The van der Waals surface area contributed by atoms with Crippen molar-refractivity contribution in [1.82, 2.24) is 19.8 Å². The van der Waals surface area contributed by atoms with Crippen LogP contribution < -0.4 is 20.3 Å². The third-order valence-electron chi connectivity index (χ3n) is 4.43. The lowest BCUT2D eigenvalue weighted by atomic mass is 10.1. The summed E-state index contributed by atoms with van der Waals surface area (Å²) in [6.07, 6.45) is 0.382. The fourth-order valence-electron chi connectivity index (χ4n) is 2.99. The average molecular weight is 454 g/mol. The molecular formula is C20H15N5O4S2. The monoisotopic (exact) mass is 453 g/mol. The molecule has 4 aromatic rings. The average Bonchev–Trinajstić information content (AvgIpc) is 3.42. The molecule has 0 saturated heterocycles. The van der Waals surface area contributed by atoms with Crippen LogP contribution in [0, 0.1) is 0 Å². The molecule has 3 heterocycles. The van der Waals surface area contributed by atoms with Gasteiger partial charge in [-0.1, -0.05) is 53.4 Å². The summed E-state index contributed by atoms with van der Waals surface area (Å²) in [5.41, 5.74) is 1.61. The lowest BCUT2D eigenvalue weighted by Gasteiger charge is -2.05. The Kier molecular flexibility index (Phi) is 5.26. The van der Waals surface area contributed by atoms with Gasteiger partial charge >= 0.3 is 0 Å². The number of thioether (sulfide) groups is 1. The topological polar surface area (TPSA) is 108 Å². The third kappa shape index (κ3) is 4.23. The standard InChI is InChI=1S/C20H15N5O4S2/c26-17(21-13-6-7-15-16(9-13)29-11-28-15)10-30-20-24-25-18(27)14(22-23-19(25)31-20)8-12-4-2-1-3-5-12/h1-7,9H,8,10-11H2,(H,21,26). The van der Waals surface area contributed by atoms with Gasteiger partial charge in [0.15, 0.2) is 15.8 Å². The molecule has 0 fully saturated rings. The quantitative estimate of drug-likeness (QED) is 0.444. The lowest BCUT2D eigenvalue weighted by molar-refractivity contribution is -0.113. The zero-order valence-corrected chi connectivity index (χ0v) is 17.6. The van der Waals surface area contributed by atoms with Crippen LogP contribution in [-0.4, -0.2) is 38.3 Å². The van der Waals surface area contributed by atoms with Crippen molar-refractivity contribution in [3.63, 3.8) is 0 Å². The van der Waals surface area contributed by atoms with E-state index in [9.17, 15) is 9.59 Å². The number of carbonyl (C=O) groups is 1. The molecule has 0 atom stereocenters. The maximum absolute atomic E-state index is 12.7. The van der Waals surface area contributed by atoms with Crippen molar-refractivity contribution in [2.75, 3.05) is 17.9 Å². The van der Waals surface area contributed by atoms with Crippen LogP contribution in [0.3, 0.4) is 0 Å². The molecular weight excluding hydrogens is 438 g/mol. The molecule has 9 nitrogen and oxygen atoms in total. The van der Waals surface area contributed by atoms with E-state index in [-0.39, 0.29) is 24.0 Å². The number of hydrogen-bond acceptors (Lipinski definition) is 9. The molecule has 5 rings (SSSR count). The molecule has 11 heteroatoms. The van der Waals surface area contributed by atoms with E-state index in [1.165, 1.54) is 27.6 Å². The normalized spacial score (nSPS) is 12.3. The molecule has 0 aliphatic carbocycles.